The van der Waals surface area contributed by atoms with Gasteiger partial charge in [-0.3, -0.25) is 9.59 Å². The number of aryl methyl sites for hydroxylation is 2. The molecule has 146 valence electrons. The van der Waals surface area contributed by atoms with Gasteiger partial charge >= 0.3 is 0 Å². The predicted octanol–water partition coefficient (Wildman–Crippen LogP) is 3.98. The largest absolute Gasteiger partial charge is 0.361 e. The van der Waals surface area contributed by atoms with Gasteiger partial charge in [-0.15, -0.1) is 0 Å². The Bertz CT molecular complexity index is 953. The van der Waals surface area contributed by atoms with Crippen molar-refractivity contribution in [3.05, 3.63) is 65.4 Å². The van der Waals surface area contributed by atoms with Crippen LogP contribution in [0.1, 0.15) is 37.0 Å². The fraction of sp³-hybridized carbons (Fsp3) is 0.304. The standard InChI is InChI=1S/C23H27N3O2/c1-3-16-8-7-9-17(4-2)23(16)26-22(28)14-21(27)24-13-12-18-15-25-20-11-6-5-10-19(18)20/h5-11,15,25H,3-4,12-14H2,1-2H3,(H,24,27)(H,26,28). The smallest absolute Gasteiger partial charge is 0.233 e. The molecule has 2 amide bonds. The lowest BCUT2D eigenvalue weighted by Gasteiger charge is -2.14. The van der Waals surface area contributed by atoms with Gasteiger partial charge in [-0.2, -0.15) is 0 Å². The third kappa shape index (κ3) is 4.60. The van der Waals surface area contributed by atoms with Crippen LogP contribution in [0.4, 0.5) is 5.69 Å². The average molecular weight is 377 g/mol. The van der Waals surface area contributed by atoms with Crippen LogP contribution in [0.25, 0.3) is 10.9 Å². The summed E-state index contributed by atoms with van der Waals surface area (Å²) in [6.45, 7) is 4.61. The SMILES string of the molecule is CCc1cccc(CC)c1NC(=O)CC(=O)NCCc1c[nH]c2ccccc12. The third-order valence-electron chi connectivity index (χ3n) is 4.98. The van der Waals surface area contributed by atoms with Crippen LogP contribution in [0, 0.1) is 0 Å². The van der Waals surface area contributed by atoms with Crippen LogP contribution in [0.15, 0.2) is 48.7 Å². The molecule has 3 aromatic rings. The zero-order valence-corrected chi connectivity index (χ0v) is 16.5. The highest BCUT2D eigenvalue weighted by atomic mass is 16.2. The van der Waals surface area contributed by atoms with Crippen molar-refractivity contribution in [3.8, 4) is 0 Å². The monoisotopic (exact) mass is 377 g/mol. The fourth-order valence-electron chi connectivity index (χ4n) is 3.47. The fourth-order valence-corrected chi connectivity index (χ4v) is 3.47. The molecule has 0 atom stereocenters. The molecule has 0 spiro atoms. The number of carbonyl (C=O) groups is 2. The van der Waals surface area contributed by atoms with Gasteiger partial charge in [0.2, 0.25) is 11.8 Å². The van der Waals surface area contributed by atoms with E-state index in [-0.39, 0.29) is 18.2 Å². The van der Waals surface area contributed by atoms with Crippen LogP contribution in [0.5, 0.6) is 0 Å². The number of hydrogen-bond acceptors (Lipinski definition) is 2. The molecule has 0 bridgehead atoms. The van der Waals surface area contributed by atoms with Gasteiger partial charge < -0.3 is 15.6 Å². The topological polar surface area (TPSA) is 74.0 Å². The Morgan fingerprint density at radius 2 is 1.61 bits per heavy atom. The Kier molecular flexibility index (Phi) is 6.48. The van der Waals surface area contributed by atoms with Crippen LogP contribution in [-0.4, -0.2) is 23.3 Å². The van der Waals surface area contributed by atoms with Crippen molar-refractivity contribution in [2.75, 3.05) is 11.9 Å². The molecule has 0 unspecified atom stereocenters. The first kappa shape index (κ1) is 19.7. The summed E-state index contributed by atoms with van der Waals surface area (Å²) in [7, 11) is 0. The van der Waals surface area contributed by atoms with Crippen molar-refractivity contribution >= 4 is 28.4 Å². The Balaban J connectivity index is 1.52. The highest BCUT2D eigenvalue weighted by Crippen LogP contribution is 2.22. The number of H-pyrrole nitrogens is 1. The highest BCUT2D eigenvalue weighted by molar-refractivity contribution is 6.04. The van der Waals surface area contributed by atoms with Gasteiger partial charge in [0.05, 0.1) is 0 Å². The molecule has 1 heterocycles. The number of nitrogens with one attached hydrogen (secondary N) is 3. The van der Waals surface area contributed by atoms with Crippen molar-refractivity contribution in [1.82, 2.24) is 10.3 Å². The minimum atomic E-state index is -0.278. The quantitative estimate of drug-likeness (QED) is 0.520. The van der Waals surface area contributed by atoms with Gasteiger partial charge in [0, 0.05) is 29.3 Å². The van der Waals surface area contributed by atoms with Crippen LogP contribution in [0.2, 0.25) is 0 Å². The van der Waals surface area contributed by atoms with Crippen LogP contribution in [0.3, 0.4) is 0 Å². The summed E-state index contributed by atoms with van der Waals surface area (Å²) in [4.78, 5) is 27.7. The van der Waals surface area contributed by atoms with E-state index in [4.69, 9.17) is 0 Å². The van der Waals surface area contributed by atoms with E-state index in [1.807, 2.05) is 42.6 Å². The van der Waals surface area contributed by atoms with Crippen molar-refractivity contribution in [2.45, 2.75) is 39.5 Å². The van der Waals surface area contributed by atoms with Crippen LogP contribution >= 0.6 is 0 Å². The Morgan fingerprint density at radius 1 is 0.893 bits per heavy atom. The number of aromatic nitrogens is 1. The van der Waals surface area contributed by atoms with E-state index in [2.05, 4.69) is 35.5 Å². The molecule has 2 aromatic carbocycles. The summed E-state index contributed by atoms with van der Waals surface area (Å²) in [6.07, 6.45) is 4.18. The van der Waals surface area contributed by atoms with E-state index in [0.717, 1.165) is 52.5 Å². The first-order valence-corrected chi connectivity index (χ1v) is 9.84. The molecule has 3 N–H and O–H groups in total. The number of hydrogen-bond donors (Lipinski definition) is 3. The number of aromatic amines is 1. The normalized spacial score (nSPS) is 10.8. The molecule has 0 fully saturated rings. The lowest BCUT2D eigenvalue weighted by atomic mass is 10.0. The van der Waals surface area contributed by atoms with E-state index in [9.17, 15) is 9.59 Å². The predicted molar refractivity (Wildman–Crippen MR) is 113 cm³/mol. The first-order valence-electron chi connectivity index (χ1n) is 9.84. The lowest BCUT2D eigenvalue weighted by Crippen LogP contribution is -2.30. The molecule has 0 saturated heterocycles. The second-order valence-electron chi connectivity index (χ2n) is 6.84. The first-order chi connectivity index (χ1) is 13.6. The maximum Gasteiger partial charge on any atom is 0.233 e. The Morgan fingerprint density at radius 3 is 2.32 bits per heavy atom. The molecule has 5 nitrogen and oxygen atoms in total. The second kappa shape index (κ2) is 9.22. The van der Waals surface area contributed by atoms with Gasteiger partial charge in [0.1, 0.15) is 6.42 Å². The van der Waals surface area contributed by atoms with Crippen molar-refractivity contribution < 1.29 is 9.59 Å². The summed E-state index contributed by atoms with van der Waals surface area (Å²) in [6, 6.07) is 14.1. The molecular formula is C23H27N3O2. The summed E-state index contributed by atoms with van der Waals surface area (Å²) < 4.78 is 0. The third-order valence-corrected chi connectivity index (χ3v) is 4.98. The minimum Gasteiger partial charge on any atom is -0.361 e. The van der Waals surface area contributed by atoms with Crippen LogP contribution in [-0.2, 0) is 28.9 Å². The molecule has 0 radical (unpaired) electrons. The zero-order valence-electron chi connectivity index (χ0n) is 16.5. The van der Waals surface area contributed by atoms with Crippen molar-refractivity contribution in [3.63, 3.8) is 0 Å². The molecule has 0 saturated carbocycles. The van der Waals surface area contributed by atoms with Gasteiger partial charge in [-0.05, 0) is 42.0 Å². The molecule has 5 heteroatoms. The van der Waals surface area contributed by atoms with E-state index < -0.39 is 0 Å². The zero-order chi connectivity index (χ0) is 19.9. The molecule has 0 aliphatic carbocycles. The highest BCUT2D eigenvalue weighted by Gasteiger charge is 2.13. The molecular weight excluding hydrogens is 350 g/mol. The number of amides is 2. The number of rotatable bonds is 8. The molecule has 3 rings (SSSR count). The molecule has 0 aliphatic rings. The minimum absolute atomic E-state index is 0.172. The number of carbonyl (C=O) groups excluding carboxylic acids is 2. The Labute approximate surface area is 165 Å². The molecule has 28 heavy (non-hydrogen) atoms. The van der Waals surface area contributed by atoms with Crippen molar-refractivity contribution in [2.24, 2.45) is 0 Å². The van der Waals surface area contributed by atoms with Gasteiger partial charge in [-0.1, -0.05) is 50.2 Å². The van der Waals surface area contributed by atoms with E-state index in [0.29, 0.717) is 6.54 Å². The molecule has 0 aliphatic heterocycles. The number of benzene rings is 2. The maximum absolute atomic E-state index is 12.3. The number of para-hydroxylation sites is 2. The van der Waals surface area contributed by atoms with Gasteiger partial charge in [-0.25, -0.2) is 0 Å². The van der Waals surface area contributed by atoms with Crippen LogP contribution < -0.4 is 10.6 Å². The van der Waals surface area contributed by atoms with Crippen molar-refractivity contribution in [1.29, 1.82) is 0 Å². The van der Waals surface area contributed by atoms with Gasteiger partial charge in [0.15, 0.2) is 0 Å². The maximum atomic E-state index is 12.3. The summed E-state index contributed by atoms with van der Waals surface area (Å²) >= 11 is 0. The number of anilines is 1. The number of fused-ring (bicyclic) bond motifs is 1. The lowest BCUT2D eigenvalue weighted by molar-refractivity contribution is -0.126. The van der Waals surface area contributed by atoms with E-state index >= 15 is 0 Å². The molecule has 1 aromatic heterocycles. The van der Waals surface area contributed by atoms with Gasteiger partial charge in [0.25, 0.3) is 0 Å². The Hall–Kier alpha value is -3.08. The van der Waals surface area contributed by atoms with E-state index in [1.54, 1.807) is 0 Å². The average Bonchev–Trinajstić information content (AvgIpc) is 3.11. The summed E-state index contributed by atoms with van der Waals surface area (Å²) in [5.74, 6) is -0.537. The summed E-state index contributed by atoms with van der Waals surface area (Å²) in [5, 5.41) is 6.95. The second-order valence-corrected chi connectivity index (χ2v) is 6.84. The summed E-state index contributed by atoms with van der Waals surface area (Å²) in [5.41, 5.74) is 5.28. The van der Waals surface area contributed by atoms with E-state index in [1.165, 1.54) is 0 Å².